The highest BCUT2D eigenvalue weighted by Gasteiger charge is 2.54. The highest BCUT2D eigenvalue weighted by Crippen LogP contribution is 2.50. The fraction of sp³-hybridized carbons (Fsp3) is 0.588. The van der Waals surface area contributed by atoms with E-state index in [0.717, 1.165) is 32.5 Å². The summed E-state index contributed by atoms with van der Waals surface area (Å²) in [4.78, 5) is 15.1. The number of hydrogen-bond donors (Lipinski definition) is 1. The molecule has 3 nitrogen and oxygen atoms in total. The summed E-state index contributed by atoms with van der Waals surface area (Å²) in [6.07, 6.45) is 1.93. The number of rotatable bonds is 2. The van der Waals surface area contributed by atoms with Gasteiger partial charge in [-0.15, -0.1) is 0 Å². The van der Waals surface area contributed by atoms with Crippen molar-refractivity contribution in [3.8, 4) is 0 Å². The van der Waals surface area contributed by atoms with Gasteiger partial charge < -0.3 is 10.2 Å². The maximum Gasteiger partial charge on any atom is 0.229 e. The lowest BCUT2D eigenvalue weighted by atomic mass is 9.68. The number of benzene rings is 1. The Morgan fingerprint density at radius 1 is 1.20 bits per heavy atom. The maximum atomic E-state index is 13.0. The monoisotopic (exact) mass is 272 g/mol. The van der Waals surface area contributed by atoms with Crippen LogP contribution in [0.25, 0.3) is 0 Å². The molecule has 2 aliphatic rings. The number of likely N-dealkylation sites (tertiary alicyclic amines) is 1. The van der Waals surface area contributed by atoms with Crippen LogP contribution in [0.1, 0.15) is 38.2 Å². The zero-order chi connectivity index (χ0) is 14.2. The summed E-state index contributed by atoms with van der Waals surface area (Å²) in [5.74, 6) is 0.726. The summed E-state index contributed by atoms with van der Waals surface area (Å²) in [5, 5.41) is 3.40. The Bertz CT molecular complexity index is 477. The smallest absolute Gasteiger partial charge is 0.229 e. The van der Waals surface area contributed by atoms with E-state index in [0.29, 0.717) is 17.9 Å². The van der Waals surface area contributed by atoms with Crippen LogP contribution in [0.2, 0.25) is 0 Å². The number of carbonyl (C=O) groups excluding carboxylic acids is 1. The molecule has 20 heavy (non-hydrogen) atoms. The number of nitrogens with one attached hydrogen (secondary N) is 1. The van der Waals surface area contributed by atoms with Crippen LogP contribution in [-0.4, -0.2) is 36.5 Å². The van der Waals surface area contributed by atoms with E-state index in [1.54, 1.807) is 0 Å². The van der Waals surface area contributed by atoms with Crippen molar-refractivity contribution in [1.29, 1.82) is 0 Å². The molecule has 108 valence electrons. The van der Waals surface area contributed by atoms with Gasteiger partial charge in [-0.25, -0.2) is 0 Å². The van der Waals surface area contributed by atoms with Crippen LogP contribution in [0.4, 0.5) is 0 Å². The fourth-order valence-corrected chi connectivity index (χ4v) is 3.88. The predicted octanol–water partition coefficient (Wildman–Crippen LogP) is 2.39. The van der Waals surface area contributed by atoms with Crippen molar-refractivity contribution in [2.75, 3.05) is 19.6 Å². The van der Waals surface area contributed by atoms with Gasteiger partial charge in [0.05, 0.1) is 5.41 Å². The second kappa shape index (κ2) is 5.21. The Morgan fingerprint density at radius 3 is 2.45 bits per heavy atom. The molecule has 2 saturated heterocycles. The first-order valence-electron chi connectivity index (χ1n) is 7.72. The molecular formula is C17H24N2O. The second-order valence-electron chi connectivity index (χ2n) is 6.42. The highest BCUT2D eigenvalue weighted by atomic mass is 16.2. The minimum absolute atomic E-state index is 0.170. The summed E-state index contributed by atoms with van der Waals surface area (Å²) in [7, 11) is 0. The molecule has 0 saturated carbocycles. The lowest BCUT2D eigenvalue weighted by Crippen LogP contribution is -2.45. The average molecular weight is 272 g/mol. The van der Waals surface area contributed by atoms with Gasteiger partial charge in [-0.1, -0.05) is 30.3 Å². The lowest BCUT2D eigenvalue weighted by Gasteiger charge is -2.37. The Morgan fingerprint density at radius 2 is 1.85 bits per heavy atom. The van der Waals surface area contributed by atoms with Gasteiger partial charge in [-0.3, -0.25) is 4.79 Å². The van der Waals surface area contributed by atoms with Crippen molar-refractivity contribution in [1.82, 2.24) is 10.2 Å². The van der Waals surface area contributed by atoms with Crippen molar-refractivity contribution in [2.45, 2.75) is 38.6 Å². The Labute approximate surface area is 121 Å². The van der Waals surface area contributed by atoms with E-state index in [2.05, 4.69) is 54.4 Å². The van der Waals surface area contributed by atoms with Gasteiger partial charge >= 0.3 is 0 Å². The quantitative estimate of drug-likeness (QED) is 0.896. The molecule has 0 bridgehead atoms. The van der Waals surface area contributed by atoms with Gasteiger partial charge in [0.2, 0.25) is 5.91 Å². The van der Waals surface area contributed by atoms with E-state index in [4.69, 9.17) is 0 Å². The van der Waals surface area contributed by atoms with E-state index in [1.165, 1.54) is 5.56 Å². The van der Waals surface area contributed by atoms with Crippen molar-refractivity contribution < 1.29 is 4.79 Å². The molecule has 1 N–H and O–H groups in total. The highest BCUT2D eigenvalue weighted by molar-refractivity contribution is 5.87. The van der Waals surface area contributed by atoms with Gasteiger partial charge in [0.1, 0.15) is 0 Å². The molecule has 0 unspecified atom stereocenters. The first-order chi connectivity index (χ1) is 9.65. The number of nitrogens with zero attached hydrogens (tertiary/aromatic N) is 1. The number of carbonyl (C=O) groups is 1. The van der Waals surface area contributed by atoms with Gasteiger partial charge in [-0.2, -0.15) is 0 Å². The van der Waals surface area contributed by atoms with Crippen molar-refractivity contribution in [2.24, 2.45) is 5.41 Å². The molecule has 2 aliphatic heterocycles. The third-order valence-corrected chi connectivity index (χ3v) is 5.05. The number of amides is 1. The zero-order valence-electron chi connectivity index (χ0n) is 12.4. The van der Waals surface area contributed by atoms with Crippen molar-refractivity contribution >= 4 is 5.91 Å². The number of piperidine rings is 1. The molecule has 0 aromatic heterocycles. The van der Waals surface area contributed by atoms with Gasteiger partial charge in [-0.05, 0) is 45.3 Å². The molecule has 1 aromatic rings. The van der Waals surface area contributed by atoms with Gasteiger partial charge in [0.25, 0.3) is 0 Å². The molecule has 3 rings (SSSR count). The molecule has 2 fully saturated rings. The van der Waals surface area contributed by atoms with Crippen LogP contribution in [0, 0.1) is 5.41 Å². The van der Waals surface area contributed by atoms with E-state index in [1.807, 2.05) is 0 Å². The fourth-order valence-electron chi connectivity index (χ4n) is 3.88. The molecule has 2 heterocycles. The molecule has 1 aromatic carbocycles. The zero-order valence-corrected chi connectivity index (χ0v) is 12.4. The van der Waals surface area contributed by atoms with E-state index in [9.17, 15) is 4.79 Å². The molecule has 0 aliphatic carbocycles. The van der Waals surface area contributed by atoms with Crippen LogP contribution < -0.4 is 5.32 Å². The average Bonchev–Trinajstić information content (AvgIpc) is 2.75. The summed E-state index contributed by atoms with van der Waals surface area (Å²) in [6, 6.07) is 10.9. The van der Waals surface area contributed by atoms with Crippen LogP contribution in [0.15, 0.2) is 30.3 Å². The minimum Gasteiger partial charge on any atom is -0.339 e. The van der Waals surface area contributed by atoms with Crippen LogP contribution in [-0.2, 0) is 4.79 Å². The van der Waals surface area contributed by atoms with Crippen LogP contribution >= 0.6 is 0 Å². The molecule has 1 spiro atoms. The summed E-state index contributed by atoms with van der Waals surface area (Å²) < 4.78 is 0. The Balaban J connectivity index is 2.00. The lowest BCUT2D eigenvalue weighted by molar-refractivity contribution is -0.139. The van der Waals surface area contributed by atoms with E-state index >= 15 is 0 Å². The molecule has 0 radical (unpaired) electrons. The molecular weight excluding hydrogens is 248 g/mol. The van der Waals surface area contributed by atoms with Crippen molar-refractivity contribution in [3.63, 3.8) is 0 Å². The van der Waals surface area contributed by atoms with E-state index in [-0.39, 0.29) is 5.41 Å². The van der Waals surface area contributed by atoms with E-state index < -0.39 is 0 Å². The van der Waals surface area contributed by atoms with Crippen molar-refractivity contribution in [3.05, 3.63) is 35.9 Å². The second-order valence-corrected chi connectivity index (χ2v) is 6.42. The van der Waals surface area contributed by atoms with Crippen LogP contribution in [0.3, 0.4) is 0 Å². The summed E-state index contributed by atoms with van der Waals surface area (Å²) in [5.41, 5.74) is 1.16. The predicted molar refractivity (Wildman–Crippen MR) is 80.6 cm³/mol. The van der Waals surface area contributed by atoms with Crippen LogP contribution in [0.5, 0.6) is 0 Å². The Hall–Kier alpha value is -1.35. The summed E-state index contributed by atoms with van der Waals surface area (Å²) >= 11 is 0. The third kappa shape index (κ3) is 2.05. The molecule has 3 heteroatoms. The minimum atomic E-state index is -0.170. The first-order valence-corrected chi connectivity index (χ1v) is 7.72. The molecule has 1 atom stereocenters. The third-order valence-electron chi connectivity index (χ3n) is 5.05. The topological polar surface area (TPSA) is 32.3 Å². The van der Waals surface area contributed by atoms with Gasteiger partial charge in [0.15, 0.2) is 0 Å². The standard InChI is InChI=1S/C17H24N2O/c1-13(2)19-12-15(14-6-4-3-5-7-14)17(16(19)20)8-10-18-11-9-17/h3-7,13,15,18H,8-12H2,1-2H3/t15-/m1/s1. The maximum absolute atomic E-state index is 13.0. The Kier molecular flexibility index (Phi) is 3.55. The molecule has 1 amide bonds. The SMILES string of the molecule is CC(C)N1C[C@H](c2ccccc2)C2(CCNCC2)C1=O. The largest absolute Gasteiger partial charge is 0.339 e. The normalized spacial score (nSPS) is 25.6. The first kappa shape index (κ1) is 13.6. The van der Waals surface area contributed by atoms with Gasteiger partial charge in [0, 0.05) is 18.5 Å². The number of hydrogen-bond acceptors (Lipinski definition) is 2. The summed E-state index contributed by atoms with van der Waals surface area (Å²) in [6.45, 7) is 7.04.